The number of hydrogen-bond donors (Lipinski definition) is 1. The minimum Gasteiger partial charge on any atom is -0.399 e. The van der Waals surface area contributed by atoms with Crippen molar-refractivity contribution >= 4 is 21.6 Å². The Balaban J connectivity index is 2.04. The summed E-state index contributed by atoms with van der Waals surface area (Å²) in [5.74, 6) is 1.00. The maximum Gasteiger partial charge on any atom is 0.259 e. The maximum atomic E-state index is 5.77. The molecule has 0 atom stereocenters. The summed E-state index contributed by atoms with van der Waals surface area (Å²) in [7, 11) is 0. The number of nitrogens with zero attached hydrogens (tertiary/aromatic N) is 2. The number of halogens is 1. The minimum absolute atomic E-state index is 0.443. The molecule has 5 heteroatoms. The molecular formula is C14H10BrN3O. The summed E-state index contributed by atoms with van der Waals surface area (Å²) >= 11 is 3.45. The van der Waals surface area contributed by atoms with Crippen LogP contribution in [0.2, 0.25) is 0 Å². The van der Waals surface area contributed by atoms with Crippen LogP contribution in [0.25, 0.3) is 22.8 Å². The average Bonchev–Trinajstić information content (AvgIpc) is 2.92. The van der Waals surface area contributed by atoms with E-state index in [4.69, 9.17) is 10.3 Å². The Bertz CT molecular complexity index is 710. The number of anilines is 1. The molecule has 2 aromatic carbocycles. The predicted octanol–water partition coefficient (Wildman–Crippen LogP) is 3.75. The Morgan fingerprint density at radius 2 is 1.84 bits per heavy atom. The molecule has 0 spiro atoms. The van der Waals surface area contributed by atoms with Crippen LogP contribution in [0.5, 0.6) is 0 Å². The maximum absolute atomic E-state index is 5.77. The Hall–Kier alpha value is -2.14. The molecule has 0 bridgehead atoms. The van der Waals surface area contributed by atoms with Gasteiger partial charge in [0.1, 0.15) is 0 Å². The summed E-state index contributed by atoms with van der Waals surface area (Å²) in [6.07, 6.45) is 0. The standard InChI is InChI=1S/C14H10BrN3O/c15-12-7-6-10(16)8-11(12)14-17-13(18-19-14)9-4-2-1-3-5-9/h1-8H,16H2. The first kappa shape index (κ1) is 11.9. The highest BCUT2D eigenvalue weighted by molar-refractivity contribution is 9.10. The van der Waals surface area contributed by atoms with Gasteiger partial charge in [0.15, 0.2) is 0 Å². The van der Waals surface area contributed by atoms with Gasteiger partial charge in [-0.2, -0.15) is 4.98 Å². The highest BCUT2D eigenvalue weighted by Crippen LogP contribution is 2.30. The summed E-state index contributed by atoms with van der Waals surface area (Å²) in [5.41, 5.74) is 8.12. The lowest BCUT2D eigenvalue weighted by Gasteiger charge is -1.99. The zero-order valence-corrected chi connectivity index (χ0v) is 11.5. The van der Waals surface area contributed by atoms with E-state index in [9.17, 15) is 0 Å². The lowest BCUT2D eigenvalue weighted by atomic mass is 10.2. The summed E-state index contributed by atoms with van der Waals surface area (Å²) < 4.78 is 6.16. The van der Waals surface area contributed by atoms with Gasteiger partial charge in [0.25, 0.3) is 5.89 Å². The molecule has 3 rings (SSSR count). The van der Waals surface area contributed by atoms with Gasteiger partial charge in [0, 0.05) is 15.7 Å². The molecule has 0 amide bonds. The van der Waals surface area contributed by atoms with Crippen LogP contribution in [0.3, 0.4) is 0 Å². The normalized spacial score (nSPS) is 10.6. The molecule has 0 unspecified atom stereocenters. The molecule has 3 aromatic rings. The molecule has 4 nitrogen and oxygen atoms in total. The van der Waals surface area contributed by atoms with Gasteiger partial charge in [-0.25, -0.2) is 0 Å². The first-order chi connectivity index (χ1) is 9.24. The van der Waals surface area contributed by atoms with Crippen LogP contribution in [0.15, 0.2) is 57.5 Å². The van der Waals surface area contributed by atoms with E-state index in [2.05, 4.69) is 26.1 Å². The molecule has 0 saturated carbocycles. The highest BCUT2D eigenvalue weighted by Gasteiger charge is 2.13. The Morgan fingerprint density at radius 3 is 2.63 bits per heavy atom. The monoisotopic (exact) mass is 315 g/mol. The van der Waals surface area contributed by atoms with Crippen molar-refractivity contribution in [1.29, 1.82) is 0 Å². The Morgan fingerprint density at radius 1 is 1.05 bits per heavy atom. The van der Waals surface area contributed by atoms with Crippen LogP contribution in [0.4, 0.5) is 5.69 Å². The summed E-state index contributed by atoms with van der Waals surface area (Å²) in [4.78, 5) is 4.39. The number of rotatable bonds is 2. The largest absolute Gasteiger partial charge is 0.399 e. The van der Waals surface area contributed by atoms with E-state index in [0.717, 1.165) is 15.6 Å². The number of nitrogen functional groups attached to an aromatic ring is 1. The van der Waals surface area contributed by atoms with E-state index >= 15 is 0 Å². The zero-order chi connectivity index (χ0) is 13.2. The molecule has 0 fully saturated rings. The molecule has 0 aliphatic heterocycles. The second-order valence-corrected chi connectivity index (χ2v) is 4.88. The number of aromatic nitrogens is 2. The quantitative estimate of drug-likeness (QED) is 0.731. The first-order valence-corrected chi connectivity index (χ1v) is 6.48. The van der Waals surface area contributed by atoms with Crippen molar-refractivity contribution in [2.45, 2.75) is 0 Å². The van der Waals surface area contributed by atoms with Crippen molar-refractivity contribution in [2.24, 2.45) is 0 Å². The van der Waals surface area contributed by atoms with Crippen molar-refractivity contribution in [3.05, 3.63) is 53.0 Å². The van der Waals surface area contributed by atoms with Crippen molar-refractivity contribution in [2.75, 3.05) is 5.73 Å². The molecule has 1 heterocycles. The van der Waals surface area contributed by atoms with E-state index < -0.39 is 0 Å². The van der Waals surface area contributed by atoms with Crippen LogP contribution in [0.1, 0.15) is 0 Å². The molecule has 19 heavy (non-hydrogen) atoms. The van der Waals surface area contributed by atoms with Crippen molar-refractivity contribution < 1.29 is 4.52 Å². The van der Waals surface area contributed by atoms with E-state index in [-0.39, 0.29) is 0 Å². The highest BCUT2D eigenvalue weighted by atomic mass is 79.9. The van der Waals surface area contributed by atoms with Gasteiger partial charge in [0.2, 0.25) is 5.82 Å². The van der Waals surface area contributed by atoms with Crippen LogP contribution in [-0.2, 0) is 0 Å². The molecule has 94 valence electrons. The first-order valence-electron chi connectivity index (χ1n) is 5.68. The smallest absolute Gasteiger partial charge is 0.259 e. The van der Waals surface area contributed by atoms with Crippen LogP contribution >= 0.6 is 15.9 Å². The molecular weight excluding hydrogens is 306 g/mol. The van der Waals surface area contributed by atoms with Crippen molar-refractivity contribution in [1.82, 2.24) is 10.1 Å². The number of benzene rings is 2. The molecule has 0 aliphatic rings. The third-order valence-corrected chi connectivity index (χ3v) is 3.37. The molecule has 0 aliphatic carbocycles. The second-order valence-electron chi connectivity index (χ2n) is 4.03. The van der Waals surface area contributed by atoms with Gasteiger partial charge in [-0.3, -0.25) is 0 Å². The summed E-state index contributed by atoms with van der Waals surface area (Å²) in [5, 5.41) is 3.99. The van der Waals surface area contributed by atoms with Gasteiger partial charge >= 0.3 is 0 Å². The second kappa shape index (κ2) is 4.85. The van der Waals surface area contributed by atoms with Crippen LogP contribution in [0, 0.1) is 0 Å². The third-order valence-electron chi connectivity index (χ3n) is 2.68. The summed E-state index contributed by atoms with van der Waals surface area (Å²) in [6, 6.07) is 15.1. The van der Waals surface area contributed by atoms with Gasteiger partial charge in [-0.05, 0) is 34.1 Å². The van der Waals surface area contributed by atoms with E-state index in [1.54, 1.807) is 6.07 Å². The number of hydrogen-bond acceptors (Lipinski definition) is 4. The van der Waals surface area contributed by atoms with Gasteiger partial charge in [-0.15, -0.1) is 0 Å². The fraction of sp³-hybridized carbons (Fsp3) is 0. The average molecular weight is 316 g/mol. The van der Waals surface area contributed by atoms with Gasteiger partial charge in [0.05, 0.1) is 5.56 Å². The van der Waals surface area contributed by atoms with Crippen LogP contribution < -0.4 is 5.73 Å². The lowest BCUT2D eigenvalue weighted by molar-refractivity contribution is 0.432. The minimum atomic E-state index is 0.443. The fourth-order valence-electron chi connectivity index (χ4n) is 1.74. The van der Waals surface area contributed by atoms with Crippen molar-refractivity contribution in [3.63, 3.8) is 0 Å². The zero-order valence-electron chi connectivity index (χ0n) is 9.88. The predicted molar refractivity (Wildman–Crippen MR) is 77.3 cm³/mol. The fourth-order valence-corrected chi connectivity index (χ4v) is 2.16. The Labute approximate surface area is 118 Å². The van der Waals surface area contributed by atoms with Gasteiger partial charge < -0.3 is 10.3 Å². The summed E-state index contributed by atoms with van der Waals surface area (Å²) in [6.45, 7) is 0. The molecule has 0 saturated heterocycles. The number of nitrogens with two attached hydrogens (primary N) is 1. The van der Waals surface area contributed by atoms with E-state index in [1.807, 2.05) is 42.5 Å². The third kappa shape index (κ3) is 2.37. The molecule has 1 aromatic heterocycles. The lowest BCUT2D eigenvalue weighted by Crippen LogP contribution is -1.87. The van der Waals surface area contributed by atoms with E-state index in [0.29, 0.717) is 17.4 Å². The molecule has 0 radical (unpaired) electrons. The van der Waals surface area contributed by atoms with E-state index in [1.165, 1.54) is 0 Å². The van der Waals surface area contributed by atoms with Crippen molar-refractivity contribution in [3.8, 4) is 22.8 Å². The van der Waals surface area contributed by atoms with Crippen LogP contribution in [-0.4, -0.2) is 10.1 Å². The topological polar surface area (TPSA) is 64.9 Å². The molecule has 2 N–H and O–H groups in total. The van der Waals surface area contributed by atoms with Gasteiger partial charge in [-0.1, -0.05) is 35.5 Å². The Kier molecular flexibility index (Phi) is 3.05. The SMILES string of the molecule is Nc1ccc(Br)c(-c2nc(-c3ccccc3)no2)c1.